The van der Waals surface area contributed by atoms with Crippen LogP contribution in [0.3, 0.4) is 0 Å². The van der Waals surface area contributed by atoms with Gasteiger partial charge in [0.25, 0.3) is 0 Å². The average Bonchev–Trinajstić information content (AvgIpc) is 2.49. The van der Waals surface area contributed by atoms with Gasteiger partial charge in [-0.3, -0.25) is 4.79 Å². The van der Waals surface area contributed by atoms with E-state index < -0.39 is 0 Å². The van der Waals surface area contributed by atoms with Crippen molar-refractivity contribution < 1.29 is 4.79 Å². The van der Waals surface area contributed by atoms with E-state index >= 15 is 0 Å². The van der Waals surface area contributed by atoms with Gasteiger partial charge in [-0.05, 0) is 62.6 Å². The highest BCUT2D eigenvalue weighted by Crippen LogP contribution is 2.23. The van der Waals surface area contributed by atoms with E-state index in [0.29, 0.717) is 6.04 Å². The van der Waals surface area contributed by atoms with Crippen LogP contribution in [0.1, 0.15) is 52.0 Å². The lowest BCUT2D eigenvalue weighted by atomic mass is 9.87. The van der Waals surface area contributed by atoms with Crippen LogP contribution < -0.4 is 10.6 Å². The van der Waals surface area contributed by atoms with Gasteiger partial charge in [-0.2, -0.15) is 0 Å². The molecular formula is C18H28N2O. The summed E-state index contributed by atoms with van der Waals surface area (Å²) in [7, 11) is 0. The number of carbonyl (C=O) groups excluding carboxylic acids is 1. The van der Waals surface area contributed by atoms with Crippen molar-refractivity contribution in [1.82, 2.24) is 5.32 Å². The second-order valence-corrected chi connectivity index (χ2v) is 6.39. The van der Waals surface area contributed by atoms with Crippen LogP contribution in [-0.4, -0.2) is 18.0 Å². The standard InChI is InChI=1S/C18H28N2O/c1-4-15-6-5-7-17(12-15)19-14(3)18(21)20-16-10-8-13(2)9-11-16/h5-7,12-14,16,19H,4,8-11H2,1-3H3,(H,20,21). The molecule has 1 fully saturated rings. The Bertz CT molecular complexity index is 464. The molecule has 0 radical (unpaired) electrons. The molecule has 21 heavy (non-hydrogen) atoms. The molecule has 0 spiro atoms. The molecule has 1 aromatic carbocycles. The number of aryl methyl sites for hydroxylation is 1. The van der Waals surface area contributed by atoms with E-state index in [4.69, 9.17) is 0 Å². The summed E-state index contributed by atoms with van der Waals surface area (Å²) in [6.07, 6.45) is 5.70. The Kier molecular flexibility index (Phi) is 5.66. The number of rotatable bonds is 5. The molecular weight excluding hydrogens is 260 g/mol. The number of anilines is 1. The van der Waals surface area contributed by atoms with Crippen LogP contribution in [0.5, 0.6) is 0 Å². The van der Waals surface area contributed by atoms with Gasteiger partial charge in [-0.1, -0.05) is 26.0 Å². The van der Waals surface area contributed by atoms with Crippen molar-refractivity contribution in [2.24, 2.45) is 5.92 Å². The Morgan fingerprint density at radius 1 is 1.29 bits per heavy atom. The minimum absolute atomic E-state index is 0.108. The molecule has 3 nitrogen and oxygen atoms in total. The minimum Gasteiger partial charge on any atom is -0.374 e. The summed E-state index contributed by atoms with van der Waals surface area (Å²) in [5, 5.41) is 6.49. The molecule has 116 valence electrons. The second kappa shape index (κ2) is 7.48. The minimum atomic E-state index is -0.198. The Hall–Kier alpha value is -1.51. The molecule has 0 bridgehead atoms. The zero-order chi connectivity index (χ0) is 15.2. The van der Waals surface area contributed by atoms with Gasteiger partial charge in [0.15, 0.2) is 0 Å². The fourth-order valence-electron chi connectivity index (χ4n) is 2.93. The molecule has 1 saturated carbocycles. The number of amides is 1. The van der Waals surface area contributed by atoms with E-state index in [0.717, 1.165) is 30.9 Å². The van der Waals surface area contributed by atoms with Gasteiger partial charge in [0.05, 0.1) is 0 Å². The number of hydrogen-bond donors (Lipinski definition) is 2. The zero-order valence-corrected chi connectivity index (χ0v) is 13.5. The van der Waals surface area contributed by atoms with Crippen LogP contribution in [0.4, 0.5) is 5.69 Å². The topological polar surface area (TPSA) is 41.1 Å². The normalized spacial score (nSPS) is 23.4. The van der Waals surface area contributed by atoms with E-state index in [1.165, 1.54) is 18.4 Å². The Morgan fingerprint density at radius 3 is 2.67 bits per heavy atom. The van der Waals surface area contributed by atoms with Gasteiger partial charge in [-0.25, -0.2) is 0 Å². The van der Waals surface area contributed by atoms with Gasteiger partial charge < -0.3 is 10.6 Å². The van der Waals surface area contributed by atoms with Gasteiger partial charge in [0, 0.05) is 11.7 Å². The predicted octanol–water partition coefficient (Wildman–Crippen LogP) is 3.74. The first-order valence-corrected chi connectivity index (χ1v) is 8.24. The summed E-state index contributed by atoms with van der Waals surface area (Å²) in [6, 6.07) is 8.45. The molecule has 1 aliphatic rings. The first-order valence-electron chi connectivity index (χ1n) is 8.24. The molecule has 1 aliphatic carbocycles. The number of carbonyl (C=O) groups is 1. The molecule has 3 heteroatoms. The highest BCUT2D eigenvalue weighted by molar-refractivity contribution is 5.84. The quantitative estimate of drug-likeness (QED) is 0.866. The third-order valence-corrected chi connectivity index (χ3v) is 4.47. The van der Waals surface area contributed by atoms with Crippen LogP contribution in [0.15, 0.2) is 24.3 Å². The lowest BCUT2D eigenvalue weighted by molar-refractivity contribution is -0.122. The second-order valence-electron chi connectivity index (χ2n) is 6.39. The van der Waals surface area contributed by atoms with Crippen LogP contribution in [0.25, 0.3) is 0 Å². The summed E-state index contributed by atoms with van der Waals surface area (Å²) in [5.74, 6) is 0.918. The Balaban J connectivity index is 1.84. The summed E-state index contributed by atoms with van der Waals surface area (Å²) in [4.78, 5) is 12.3. The van der Waals surface area contributed by atoms with Crippen molar-refractivity contribution in [3.8, 4) is 0 Å². The molecule has 1 aromatic rings. The van der Waals surface area contributed by atoms with Gasteiger partial charge in [-0.15, -0.1) is 0 Å². The van der Waals surface area contributed by atoms with Crippen LogP contribution in [0, 0.1) is 5.92 Å². The van der Waals surface area contributed by atoms with Gasteiger partial charge in [0.2, 0.25) is 5.91 Å². The smallest absolute Gasteiger partial charge is 0.242 e. The predicted molar refractivity (Wildman–Crippen MR) is 88.5 cm³/mol. The van der Waals surface area contributed by atoms with E-state index in [-0.39, 0.29) is 11.9 Å². The van der Waals surface area contributed by atoms with Crippen LogP contribution >= 0.6 is 0 Å². The van der Waals surface area contributed by atoms with Crippen molar-refractivity contribution in [2.75, 3.05) is 5.32 Å². The molecule has 1 amide bonds. The highest BCUT2D eigenvalue weighted by atomic mass is 16.2. The molecule has 0 aliphatic heterocycles. The molecule has 0 heterocycles. The van der Waals surface area contributed by atoms with Crippen molar-refractivity contribution in [2.45, 2.75) is 65.0 Å². The first-order chi connectivity index (χ1) is 10.1. The van der Waals surface area contributed by atoms with E-state index in [9.17, 15) is 4.79 Å². The van der Waals surface area contributed by atoms with E-state index in [2.05, 4.69) is 36.6 Å². The molecule has 0 aromatic heterocycles. The number of hydrogen-bond acceptors (Lipinski definition) is 2. The van der Waals surface area contributed by atoms with Crippen molar-refractivity contribution in [3.05, 3.63) is 29.8 Å². The molecule has 1 unspecified atom stereocenters. The lowest BCUT2D eigenvalue weighted by Crippen LogP contribution is -2.44. The van der Waals surface area contributed by atoms with E-state index in [1.807, 2.05) is 19.1 Å². The van der Waals surface area contributed by atoms with Gasteiger partial charge in [0.1, 0.15) is 6.04 Å². The average molecular weight is 288 g/mol. The van der Waals surface area contributed by atoms with Crippen LogP contribution in [0.2, 0.25) is 0 Å². The number of benzene rings is 1. The third-order valence-electron chi connectivity index (χ3n) is 4.47. The van der Waals surface area contributed by atoms with E-state index in [1.54, 1.807) is 0 Å². The summed E-state index contributed by atoms with van der Waals surface area (Å²) in [6.45, 7) is 6.36. The van der Waals surface area contributed by atoms with Crippen molar-refractivity contribution in [3.63, 3.8) is 0 Å². The molecule has 1 atom stereocenters. The number of nitrogens with one attached hydrogen (secondary N) is 2. The fraction of sp³-hybridized carbons (Fsp3) is 0.611. The Labute approximate surface area is 128 Å². The zero-order valence-electron chi connectivity index (χ0n) is 13.5. The largest absolute Gasteiger partial charge is 0.374 e. The maximum atomic E-state index is 12.3. The maximum Gasteiger partial charge on any atom is 0.242 e. The monoisotopic (exact) mass is 288 g/mol. The lowest BCUT2D eigenvalue weighted by Gasteiger charge is -2.28. The Morgan fingerprint density at radius 2 is 2.00 bits per heavy atom. The maximum absolute atomic E-state index is 12.3. The highest BCUT2D eigenvalue weighted by Gasteiger charge is 2.22. The van der Waals surface area contributed by atoms with Gasteiger partial charge >= 0.3 is 0 Å². The van der Waals surface area contributed by atoms with Crippen molar-refractivity contribution in [1.29, 1.82) is 0 Å². The molecule has 0 saturated heterocycles. The summed E-state index contributed by atoms with van der Waals surface area (Å²) in [5.41, 5.74) is 2.31. The molecule has 2 rings (SSSR count). The van der Waals surface area contributed by atoms with Crippen LogP contribution in [-0.2, 0) is 11.2 Å². The SMILES string of the molecule is CCc1cccc(NC(C)C(=O)NC2CCC(C)CC2)c1. The first kappa shape index (κ1) is 15.9. The fourth-order valence-corrected chi connectivity index (χ4v) is 2.93. The summed E-state index contributed by atoms with van der Waals surface area (Å²) >= 11 is 0. The summed E-state index contributed by atoms with van der Waals surface area (Å²) < 4.78 is 0. The van der Waals surface area contributed by atoms with Crippen molar-refractivity contribution >= 4 is 11.6 Å². The third kappa shape index (κ3) is 4.76. The molecule has 2 N–H and O–H groups in total.